The van der Waals surface area contributed by atoms with Crippen LogP contribution >= 0.6 is 0 Å². The Morgan fingerprint density at radius 2 is 1.73 bits per heavy atom. The van der Waals surface area contributed by atoms with Crippen molar-refractivity contribution in [2.24, 2.45) is 5.92 Å². The molecule has 15 heavy (non-hydrogen) atoms. The van der Waals surface area contributed by atoms with Gasteiger partial charge in [0.15, 0.2) is 8.32 Å². The maximum absolute atomic E-state index is 6.35. The molecule has 0 amide bonds. The fourth-order valence-corrected chi connectivity index (χ4v) is 3.13. The summed E-state index contributed by atoms with van der Waals surface area (Å²) >= 11 is 0. The molecule has 0 bridgehead atoms. The van der Waals surface area contributed by atoms with Crippen LogP contribution in [0.1, 0.15) is 40.0 Å². The van der Waals surface area contributed by atoms with Gasteiger partial charge in [-0.25, -0.2) is 0 Å². The summed E-state index contributed by atoms with van der Waals surface area (Å²) in [5, 5.41) is 0.329. The topological polar surface area (TPSA) is 9.23 Å². The fourth-order valence-electron chi connectivity index (χ4n) is 1.71. The molecule has 0 unspecified atom stereocenters. The summed E-state index contributed by atoms with van der Waals surface area (Å²) in [6.45, 7) is 15.7. The third-order valence-electron chi connectivity index (χ3n) is 3.84. The van der Waals surface area contributed by atoms with Gasteiger partial charge in [-0.3, -0.25) is 0 Å². The number of hydrogen-bond acceptors (Lipinski definition) is 1. The SMILES string of the molecule is [CH2-][C@@H]1CCC[C@@H]1O[Si](C)(C)C(C)(C)C.[Li+]. The third-order valence-corrected chi connectivity index (χ3v) is 8.35. The van der Waals surface area contributed by atoms with Crippen molar-refractivity contribution >= 4 is 8.32 Å². The summed E-state index contributed by atoms with van der Waals surface area (Å²) in [6, 6.07) is 0. The minimum absolute atomic E-state index is 0. The van der Waals surface area contributed by atoms with Crippen molar-refractivity contribution in [3.05, 3.63) is 6.92 Å². The molecule has 1 aliphatic rings. The van der Waals surface area contributed by atoms with Gasteiger partial charge in [0.25, 0.3) is 0 Å². The predicted octanol–water partition coefficient (Wildman–Crippen LogP) is 1.01. The minimum atomic E-state index is -1.55. The van der Waals surface area contributed by atoms with Gasteiger partial charge in [-0.1, -0.05) is 33.6 Å². The van der Waals surface area contributed by atoms with Crippen molar-refractivity contribution in [1.29, 1.82) is 0 Å². The van der Waals surface area contributed by atoms with Crippen LogP contribution in [-0.2, 0) is 4.43 Å². The van der Waals surface area contributed by atoms with E-state index in [4.69, 9.17) is 4.43 Å². The summed E-state index contributed by atoms with van der Waals surface area (Å²) in [6.07, 6.45) is 4.21. The molecule has 1 saturated carbocycles. The normalized spacial score (nSPS) is 27.6. The maximum atomic E-state index is 6.35. The van der Waals surface area contributed by atoms with Gasteiger partial charge in [0.05, 0.1) is 0 Å². The quantitative estimate of drug-likeness (QED) is 0.499. The smallest absolute Gasteiger partial charge is 0.416 e. The summed E-state index contributed by atoms with van der Waals surface area (Å²) in [7, 11) is -1.55. The molecule has 1 aliphatic carbocycles. The number of rotatable bonds is 2. The average Bonchev–Trinajstić information content (AvgIpc) is 2.33. The van der Waals surface area contributed by atoms with Crippen LogP contribution in [0.4, 0.5) is 0 Å². The first-order valence-corrected chi connectivity index (χ1v) is 8.66. The molecule has 0 saturated heterocycles. The first-order valence-electron chi connectivity index (χ1n) is 5.75. The largest absolute Gasteiger partial charge is 1.00 e. The molecule has 0 radical (unpaired) electrons. The van der Waals surface area contributed by atoms with Gasteiger partial charge in [0.1, 0.15) is 0 Å². The number of hydrogen-bond donors (Lipinski definition) is 0. The van der Waals surface area contributed by atoms with Gasteiger partial charge in [0, 0.05) is 6.10 Å². The van der Waals surface area contributed by atoms with Gasteiger partial charge in [0.2, 0.25) is 0 Å². The zero-order valence-electron chi connectivity index (χ0n) is 11.4. The van der Waals surface area contributed by atoms with Crippen molar-refractivity contribution in [2.75, 3.05) is 0 Å². The second kappa shape index (κ2) is 5.40. The van der Waals surface area contributed by atoms with Crippen LogP contribution in [-0.4, -0.2) is 14.4 Å². The molecule has 0 heterocycles. The van der Waals surface area contributed by atoms with E-state index in [1.807, 2.05) is 0 Å². The molecule has 1 rings (SSSR count). The Hall–Kier alpha value is 0.774. The molecule has 84 valence electrons. The van der Waals surface area contributed by atoms with Crippen molar-refractivity contribution in [3.8, 4) is 0 Å². The van der Waals surface area contributed by atoms with E-state index < -0.39 is 8.32 Å². The molecule has 2 atom stereocenters. The van der Waals surface area contributed by atoms with Gasteiger partial charge in [-0.2, -0.15) is 0 Å². The first-order chi connectivity index (χ1) is 6.24. The van der Waals surface area contributed by atoms with E-state index in [2.05, 4.69) is 40.8 Å². The maximum Gasteiger partial charge on any atom is 1.00 e. The van der Waals surface area contributed by atoms with Crippen molar-refractivity contribution in [1.82, 2.24) is 0 Å². The summed E-state index contributed by atoms with van der Waals surface area (Å²) < 4.78 is 6.35. The Labute approximate surface area is 109 Å². The van der Waals surface area contributed by atoms with Crippen LogP contribution in [0.2, 0.25) is 18.1 Å². The molecule has 3 heteroatoms. The second-order valence-corrected chi connectivity index (χ2v) is 10.9. The van der Waals surface area contributed by atoms with E-state index >= 15 is 0 Å². The van der Waals surface area contributed by atoms with Crippen molar-refractivity contribution < 1.29 is 23.3 Å². The first kappa shape index (κ1) is 15.8. The van der Waals surface area contributed by atoms with E-state index in [0.29, 0.717) is 17.1 Å². The van der Waals surface area contributed by atoms with Crippen molar-refractivity contribution in [3.63, 3.8) is 0 Å². The van der Waals surface area contributed by atoms with Crippen LogP contribution in [0, 0.1) is 12.8 Å². The fraction of sp³-hybridized carbons (Fsp3) is 0.917. The standard InChI is InChI=1S/C12H25OSi.Li/c1-10-8-7-9-11(10)13-14(5,6)12(2,3)4;/h10-11H,1,7-9H2,2-6H3;/q-1;+1/t10-,11+;/m1./s1. The molecule has 0 aliphatic heterocycles. The minimum Gasteiger partial charge on any atom is -0.416 e. The van der Waals surface area contributed by atoms with Crippen LogP contribution in [0.3, 0.4) is 0 Å². The third kappa shape index (κ3) is 3.93. The summed E-state index contributed by atoms with van der Waals surface area (Å²) in [5.74, 6) is 0.532. The predicted molar refractivity (Wildman–Crippen MR) is 64.8 cm³/mol. The van der Waals surface area contributed by atoms with E-state index in [9.17, 15) is 0 Å². The van der Waals surface area contributed by atoms with Crippen LogP contribution < -0.4 is 18.9 Å². The molecular weight excluding hydrogens is 195 g/mol. The Morgan fingerprint density at radius 1 is 1.20 bits per heavy atom. The summed E-state index contributed by atoms with van der Waals surface area (Å²) in [4.78, 5) is 0. The van der Waals surface area contributed by atoms with Gasteiger partial charge in [-0.05, 0) is 24.6 Å². The Bertz CT molecular complexity index is 198. The van der Waals surface area contributed by atoms with E-state index in [0.717, 1.165) is 0 Å². The Balaban J connectivity index is 0.00000196. The van der Waals surface area contributed by atoms with Crippen molar-refractivity contribution in [2.45, 2.75) is 64.3 Å². The van der Waals surface area contributed by atoms with E-state index in [-0.39, 0.29) is 18.9 Å². The van der Waals surface area contributed by atoms with Crippen LogP contribution in [0.25, 0.3) is 0 Å². The molecule has 0 spiro atoms. The second-order valence-electron chi connectivity index (χ2n) is 6.11. The van der Waals surface area contributed by atoms with Gasteiger partial charge < -0.3 is 11.3 Å². The molecule has 1 nitrogen and oxygen atoms in total. The molecule has 1 fully saturated rings. The Kier molecular flexibility index (Phi) is 5.68. The zero-order chi connectivity index (χ0) is 11.0. The van der Waals surface area contributed by atoms with E-state index in [1.54, 1.807) is 0 Å². The molecule has 0 aromatic rings. The average molecular weight is 220 g/mol. The Morgan fingerprint density at radius 3 is 2.07 bits per heavy atom. The van der Waals surface area contributed by atoms with Gasteiger partial charge in [-0.15, -0.1) is 5.92 Å². The monoisotopic (exact) mass is 220 g/mol. The van der Waals surface area contributed by atoms with Crippen LogP contribution in [0.15, 0.2) is 0 Å². The van der Waals surface area contributed by atoms with Crippen LogP contribution in [0.5, 0.6) is 0 Å². The zero-order valence-corrected chi connectivity index (χ0v) is 12.4. The van der Waals surface area contributed by atoms with Gasteiger partial charge >= 0.3 is 18.9 Å². The van der Waals surface area contributed by atoms with E-state index in [1.165, 1.54) is 19.3 Å². The summed E-state index contributed by atoms with van der Waals surface area (Å²) in [5.41, 5.74) is 0. The molecule has 0 aromatic carbocycles. The molecule has 0 N–H and O–H groups in total. The molecular formula is C12H25LiOSi. The molecule has 0 aromatic heterocycles.